The monoisotopic (exact) mass is 266 g/mol. The molecule has 2 rings (SSSR count). The molecule has 0 aliphatic heterocycles. The highest BCUT2D eigenvalue weighted by Gasteiger charge is 2.11. The molecule has 0 fully saturated rings. The van der Waals surface area contributed by atoms with Crippen molar-refractivity contribution < 1.29 is 9.47 Å². The zero-order valence-electron chi connectivity index (χ0n) is 12.0. The summed E-state index contributed by atoms with van der Waals surface area (Å²) >= 11 is 0. The fraction of sp³-hybridized carbons (Fsp3) is 0.222. The maximum Gasteiger partial charge on any atom is 0.184 e. The molecule has 0 spiro atoms. The Labute approximate surface area is 120 Å². The van der Waals surface area contributed by atoms with Gasteiger partial charge < -0.3 is 9.47 Å². The number of aryl methyl sites for hydroxylation is 1. The predicted molar refractivity (Wildman–Crippen MR) is 80.4 cm³/mol. The molecule has 102 valence electrons. The van der Waals surface area contributed by atoms with E-state index >= 15 is 0 Å². The van der Waals surface area contributed by atoms with Crippen molar-refractivity contribution in [1.29, 1.82) is 0 Å². The molecule has 2 aromatic rings. The summed E-state index contributed by atoms with van der Waals surface area (Å²) < 4.78 is 10.6. The fourth-order valence-corrected chi connectivity index (χ4v) is 1.94. The van der Waals surface area contributed by atoms with E-state index in [9.17, 15) is 0 Å². The molecule has 0 aliphatic rings. The number of methoxy groups -OCH3 is 2. The summed E-state index contributed by atoms with van der Waals surface area (Å²) in [4.78, 5) is 0. The van der Waals surface area contributed by atoms with Crippen molar-refractivity contribution in [3.05, 3.63) is 70.8 Å². The van der Waals surface area contributed by atoms with Crippen molar-refractivity contribution >= 4 is 0 Å². The Balaban J connectivity index is 2.32. The van der Waals surface area contributed by atoms with E-state index in [0.717, 1.165) is 16.7 Å². The van der Waals surface area contributed by atoms with Crippen molar-refractivity contribution in [1.82, 2.24) is 0 Å². The van der Waals surface area contributed by atoms with Gasteiger partial charge in [-0.3, -0.25) is 0 Å². The van der Waals surface area contributed by atoms with E-state index < -0.39 is 6.29 Å². The van der Waals surface area contributed by atoms with E-state index in [4.69, 9.17) is 9.47 Å². The van der Waals surface area contributed by atoms with E-state index in [1.807, 2.05) is 36.4 Å². The van der Waals surface area contributed by atoms with Crippen molar-refractivity contribution in [2.24, 2.45) is 0 Å². The Morgan fingerprint density at radius 3 is 2.15 bits per heavy atom. The second-order valence-corrected chi connectivity index (χ2v) is 4.51. The molecule has 20 heavy (non-hydrogen) atoms. The van der Waals surface area contributed by atoms with Gasteiger partial charge in [0, 0.05) is 30.9 Å². The van der Waals surface area contributed by atoms with Crippen LogP contribution in [0, 0.1) is 18.8 Å². The average Bonchev–Trinajstić information content (AvgIpc) is 2.49. The zero-order valence-corrected chi connectivity index (χ0v) is 12.0. The third-order valence-electron chi connectivity index (χ3n) is 3.04. The standard InChI is InChI=1S/C18H18O2/c1-14-8-10-15(11-9-14)12-13-16-6-4-5-7-17(16)18(19-2)20-3/h4-11,18H,1-3H3. The Kier molecular flexibility index (Phi) is 4.95. The lowest BCUT2D eigenvalue weighted by Crippen LogP contribution is -2.05. The number of hydrogen-bond acceptors (Lipinski definition) is 2. The van der Waals surface area contributed by atoms with Gasteiger partial charge in [0.2, 0.25) is 0 Å². The highest BCUT2D eigenvalue weighted by molar-refractivity contribution is 5.47. The lowest BCUT2D eigenvalue weighted by molar-refractivity contribution is -0.106. The number of hydrogen-bond donors (Lipinski definition) is 0. The lowest BCUT2D eigenvalue weighted by atomic mass is 10.1. The summed E-state index contributed by atoms with van der Waals surface area (Å²) in [7, 11) is 3.25. The smallest absolute Gasteiger partial charge is 0.184 e. The summed E-state index contributed by atoms with van der Waals surface area (Å²) in [5.74, 6) is 6.36. The summed E-state index contributed by atoms with van der Waals surface area (Å²) in [5, 5.41) is 0. The van der Waals surface area contributed by atoms with E-state index in [2.05, 4.69) is 30.9 Å². The van der Waals surface area contributed by atoms with Gasteiger partial charge in [-0.2, -0.15) is 0 Å². The van der Waals surface area contributed by atoms with Crippen molar-refractivity contribution in [2.75, 3.05) is 14.2 Å². The third-order valence-corrected chi connectivity index (χ3v) is 3.04. The first-order valence-corrected chi connectivity index (χ1v) is 6.48. The van der Waals surface area contributed by atoms with Crippen LogP contribution in [-0.4, -0.2) is 14.2 Å². The molecule has 0 aliphatic carbocycles. The minimum atomic E-state index is -0.390. The molecule has 2 heteroatoms. The van der Waals surface area contributed by atoms with Crippen molar-refractivity contribution in [3.63, 3.8) is 0 Å². The van der Waals surface area contributed by atoms with Crippen LogP contribution in [0.1, 0.15) is 28.5 Å². The van der Waals surface area contributed by atoms with Crippen LogP contribution < -0.4 is 0 Å². The highest BCUT2D eigenvalue weighted by atomic mass is 16.7. The van der Waals surface area contributed by atoms with Gasteiger partial charge in [0.05, 0.1) is 0 Å². The molecule has 0 amide bonds. The van der Waals surface area contributed by atoms with Gasteiger partial charge in [0.1, 0.15) is 0 Å². The van der Waals surface area contributed by atoms with Crippen LogP contribution >= 0.6 is 0 Å². The van der Waals surface area contributed by atoms with Crippen LogP contribution in [0.25, 0.3) is 0 Å². The molecule has 0 radical (unpaired) electrons. The van der Waals surface area contributed by atoms with E-state index in [0.29, 0.717) is 0 Å². The molecule has 0 aromatic heterocycles. The molecule has 0 bridgehead atoms. The van der Waals surface area contributed by atoms with Crippen LogP contribution in [-0.2, 0) is 9.47 Å². The zero-order chi connectivity index (χ0) is 14.4. The molecule has 0 saturated carbocycles. The maximum atomic E-state index is 5.30. The molecule has 2 nitrogen and oxygen atoms in total. The molecule has 2 aromatic carbocycles. The summed E-state index contributed by atoms with van der Waals surface area (Å²) in [5.41, 5.74) is 4.09. The van der Waals surface area contributed by atoms with E-state index in [-0.39, 0.29) is 0 Å². The van der Waals surface area contributed by atoms with Crippen LogP contribution in [0.4, 0.5) is 0 Å². The minimum Gasteiger partial charge on any atom is -0.352 e. The van der Waals surface area contributed by atoms with Gasteiger partial charge in [-0.05, 0) is 25.1 Å². The Hall–Kier alpha value is -2.08. The quantitative estimate of drug-likeness (QED) is 0.623. The number of rotatable bonds is 3. The largest absolute Gasteiger partial charge is 0.352 e. The SMILES string of the molecule is COC(OC)c1ccccc1C#Cc1ccc(C)cc1. The number of benzene rings is 2. The average molecular weight is 266 g/mol. The van der Waals surface area contributed by atoms with Crippen molar-refractivity contribution in [3.8, 4) is 11.8 Å². The molecular formula is C18H18O2. The van der Waals surface area contributed by atoms with Crippen LogP contribution in [0.5, 0.6) is 0 Å². The topological polar surface area (TPSA) is 18.5 Å². The molecule has 0 N–H and O–H groups in total. The minimum absolute atomic E-state index is 0.390. The molecule has 0 heterocycles. The maximum absolute atomic E-state index is 5.30. The predicted octanol–water partition coefficient (Wildman–Crippen LogP) is 3.69. The lowest BCUT2D eigenvalue weighted by Gasteiger charge is -2.15. The second-order valence-electron chi connectivity index (χ2n) is 4.51. The normalized spacial score (nSPS) is 10.2. The molecular weight excluding hydrogens is 248 g/mol. The number of ether oxygens (including phenoxy) is 2. The first-order valence-electron chi connectivity index (χ1n) is 6.48. The fourth-order valence-electron chi connectivity index (χ4n) is 1.94. The van der Waals surface area contributed by atoms with Crippen LogP contribution in [0.2, 0.25) is 0 Å². The van der Waals surface area contributed by atoms with Crippen LogP contribution in [0.3, 0.4) is 0 Å². The molecule has 0 unspecified atom stereocenters. The summed E-state index contributed by atoms with van der Waals surface area (Å²) in [6, 6.07) is 16.0. The Morgan fingerprint density at radius 1 is 0.850 bits per heavy atom. The Bertz CT molecular complexity index is 614. The van der Waals surface area contributed by atoms with Crippen molar-refractivity contribution in [2.45, 2.75) is 13.2 Å². The van der Waals surface area contributed by atoms with Crippen LogP contribution in [0.15, 0.2) is 48.5 Å². The van der Waals surface area contributed by atoms with Gasteiger partial charge in [0.25, 0.3) is 0 Å². The third kappa shape index (κ3) is 3.48. The first-order chi connectivity index (χ1) is 9.74. The summed E-state index contributed by atoms with van der Waals surface area (Å²) in [6.45, 7) is 2.06. The van der Waals surface area contributed by atoms with E-state index in [1.165, 1.54) is 5.56 Å². The summed E-state index contributed by atoms with van der Waals surface area (Å²) in [6.07, 6.45) is -0.390. The second kappa shape index (κ2) is 6.91. The Morgan fingerprint density at radius 2 is 1.50 bits per heavy atom. The van der Waals surface area contributed by atoms with Gasteiger partial charge in [0.15, 0.2) is 6.29 Å². The molecule has 0 atom stereocenters. The van der Waals surface area contributed by atoms with Gasteiger partial charge in [-0.25, -0.2) is 0 Å². The van der Waals surface area contributed by atoms with Gasteiger partial charge >= 0.3 is 0 Å². The highest BCUT2D eigenvalue weighted by Crippen LogP contribution is 2.20. The molecule has 0 saturated heterocycles. The van der Waals surface area contributed by atoms with Gasteiger partial charge in [-0.1, -0.05) is 47.7 Å². The van der Waals surface area contributed by atoms with E-state index in [1.54, 1.807) is 14.2 Å². The first kappa shape index (κ1) is 14.3. The van der Waals surface area contributed by atoms with Gasteiger partial charge in [-0.15, -0.1) is 0 Å².